The van der Waals surface area contributed by atoms with Crippen LogP contribution in [0.3, 0.4) is 0 Å². The smallest absolute Gasteiger partial charge is 0.246 e. The van der Waals surface area contributed by atoms with Crippen molar-refractivity contribution in [1.29, 1.82) is 0 Å². The van der Waals surface area contributed by atoms with Crippen LogP contribution in [-0.4, -0.2) is 57.7 Å². The molecular weight excluding hydrogens is 410 g/mol. The molecule has 0 spiro atoms. The fraction of sp³-hybridized carbons (Fsp3) is 0.381. The van der Waals surface area contributed by atoms with Crippen LogP contribution in [0.5, 0.6) is 0 Å². The predicted octanol–water partition coefficient (Wildman–Crippen LogP) is 3.15. The zero-order valence-corrected chi connectivity index (χ0v) is 18.4. The highest BCUT2D eigenvalue weighted by atomic mass is 35.5. The van der Waals surface area contributed by atoms with E-state index in [1.807, 2.05) is 31.2 Å². The van der Waals surface area contributed by atoms with Crippen LogP contribution in [0, 0.1) is 6.92 Å². The van der Waals surface area contributed by atoms with Gasteiger partial charge >= 0.3 is 0 Å². The van der Waals surface area contributed by atoms with E-state index in [1.54, 1.807) is 36.1 Å². The third-order valence-corrected chi connectivity index (χ3v) is 6.66. The summed E-state index contributed by atoms with van der Waals surface area (Å²) in [7, 11) is -3.60. The molecule has 1 atom stereocenters. The molecule has 1 aliphatic heterocycles. The monoisotopic (exact) mass is 435 g/mol. The van der Waals surface area contributed by atoms with E-state index >= 15 is 0 Å². The molecule has 6 nitrogen and oxygen atoms in total. The molecule has 156 valence electrons. The van der Waals surface area contributed by atoms with Crippen molar-refractivity contribution in [1.82, 2.24) is 4.90 Å². The average molecular weight is 436 g/mol. The lowest BCUT2D eigenvalue weighted by Gasteiger charge is -2.39. The minimum atomic E-state index is -3.60. The highest BCUT2D eigenvalue weighted by Gasteiger charge is 2.33. The van der Waals surface area contributed by atoms with Crippen LogP contribution in [0.15, 0.2) is 48.5 Å². The molecule has 0 aliphatic carbocycles. The van der Waals surface area contributed by atoms with Gasteiger partial charge in [-0.3, -0.25) is 9.10 Å². The Labute approximate surface area is 177 Å². The number of para-hydroxylation sites is 1. The molecule has 0 bridgehead atoms. The number of sulfonamides is 1. The maximum atomic E-state index is 13.1. The molecule has 1 aliphatic rings. The number of hydrogen-bond donors (Lipinski definition) is 0. The van der Waals surface area contributed by atoms with Gasteiger partial charge in [0.1, 0.15) is 6.04 Å². The Bertz CT molecular complexity index is 974. The van der Waals surface area contributed by atoms with Gasteiger partial charge < -0.3 is 9.80 Å². The number of nitrogens with zero attached hydrogens (tertiary/aromatic N) is 3. The largest absolute Gasteiger partial charge is 0.368 e. The number of piperazine rings is 1. The minimum absolute atomic E-state index is 0.193. The van der Waals surface area contributed by atoms with Crippen molar-refractivity contribution in [3.05, 3.63) is 59.1 Å². The normalized spacial score (nSPS) is 15.9. The summed E-state index contributed by atoms with van der Waals surface area (Å²) >= 11 is 6.14. The van der Waals surface area contributed by atoms with Gasteiger partial charge in [0.15, 0.2) is 0 Å². The highest BCUT2D eigenvalue weighted by Crippen LogP contribution is 2.26. The maximum Gasteiger partial charge on any atom is 0.246 e. The summed E-state index contributed by atoms with van der Waals surface area (Å²) in [6, 6.07) is 13.7. The Morgan fingerprint density at radius 2 is 1.69 bits per heavy atom. The zero-order chi connectivity index (χ0) is 21.2. The Morgan fingerprint density at radius 1 is 1.07 bits per heavy atom. The quantitative estimate of drug-likeness (QED) is 0.723. The predicted molar refractivity (Wildman–Crippen MR) is 118 cm³/mol. The molecule has 0 aromatic heterocycles. The van der Waals surface area contributed by atoms with Crippen molar-refractivity contribution in [2.75, 3.05) is 41.6 Å². The summed E-state index contributed by atoms with van der Waals surface area (Å²) < 4.78 is 26.0. The Morgan fingerprint density at radius 3 is 2.28 bits per heavy atom. The van der Waals surface area contributed by atoms with Crippen LogP contribution in [0.25, 0.3) is 0 Å². The summed E-state index contributed by atoms with van der Waals surface area (Å²) in [6.45, 7) is 6.08. The number of carbonyl (C=O) groups is 1. The Kier molecular flexibility index (Phi) is 6.39. The number of rotatable bonds is 5. The molecule has 2 aromatic rings. The number of hydrogen-bond acceptors (Lipinski definition) is 4. The van der Waals surface area contributed by atoms with Gasteiger partial charge in [0.2, 0.25) is 15.9 Å². The summed E-state index contributed by atoms with van der Waals surface area (Å²) in [6.07, 6.45) is 1.13. The van der Waals surface area contributed by atoms with Gasteiger partial charge in [-0.1, -0.05) is 35.9 Å². The second-order valence-electron chi connectivity index (χ2n) is 7.31. The topological polar surface area (TPSA) is 60.9 Å². The molecule has 0 saturated carbocycles. The summed E-state index contributed by atoms with van der Waals surface area (Å²) in [5.41, 5.74) is 2.69. The molecule has 0 radical (unpaired) electrons. The first kappa shape index (κ1) is 21.5. The molecule has 2 aromatic carbocycles. The van der Waals surface area contributed by atoms with Gasteiger partial charge in [-0.15, -0.1) is 0 Å². The van der Waals surface area contributed by atoms with Crippen molar-refractivity contribution in [2.45, 2.75) is 19.9 Å². The first-order chi connectivity index (χ1) is 13.7. The van der Waals surface area contributed by atoms with E-state index in [1.165, 1.54) is 4.31 Å². The lowest BCUT2D eigenvalue weighted by Crippen LogP contribution is -2.55. The lowest BCUT2D eigenvalue weighted by atomic mass is 10.1. The number of aryl methyl sites for hydroxylation is 1. The van der Waals surface area contributed by atoms with Crippen LogP contribution in [0.4, 0.5) is 11.4 Å². The molecule has 29 heavy (non-hydrogen) atoms. The molecule has 1 fully saturated rings. The molecule has 1 unspecified atom stereocenters. The highest BCUT2D eigenvalue weighted by molar-refractivity contribution is 7.92. The van der Waals surface area contributed by atoms with Crippen molar-refractivity contribution in [3.63, 3.8) is 0 Å². The lowest BCUT2D eigenvalue weighted by molar-refractivity contribution is -0.132. The van der Waals surface area contributed by atoms with Gasteiger partial charge in [-0.25, -0.2) is 8.42 Å². The fourth-order valence-electron chi connectivity index (χ4n) is 3.73. The van der Waals surface area contributed by atoms with E-state index in [0.717, 1.165) is 17.5 Å². The average Bonchev–Trinajstić information content (AvgIpc) is 2.69. The Hall–Kier alpha value is -2.25. The van der Waals surface area contributed by atoms with Crippen LogP contribution >= 0.6 is 11.6 Å². The summed E-state index contributed by atoms with van der Waals surface area (Å²) in [4.78, 5) is 17.1. The van der Waals surface area contributed by atoms with Crippen molar-refractivity contribution < 1.29 is 13.2 Å². The first-order valence-corrected chi connectivity index (χ1v) is 11.8. The number of anilines is 2. The van der Waals surface area contributed by atoms with Crippen molar-refractivity contribution >= 4 is 38.9 Å². The molecule has 8 heteroatoms. The number of benzene rings is 2. The Balaban J connectivity index is 1.73. The first-order valence-electron chi connectivity index (χ1n) is 9.53. The number of amides is 1. The van der Waals surface area contributed by atoms with Crippen LogP contribution in [0.2, 0.25) is 5.02 Å². The molecular formula is C21H26ClN3O3S. The molecule has 1 amide bonds. The van der Waals surface area contributed by atoms with Crippen molar-refractivity contribution in [3.8, 4) is 0 Å². The van der Waals surface area contributed by atoms with E-state index < -0.39 is 16.1 Å². The second kappa shape index (κ2) is 8.63. The number of carbonyl (C=O) groups excluding carboxylic acids is 1. The van der Waals surface area contributed by atoms with Gasteiger partial charge in [0.05, 0.1) is 11.9 Å². The van der Waals surface area contributed by atoms with E-state index in [9.17, 15) is 13.2 Å². The van der Waals surface area contributed by atoms with Crippen molar-refractivity contribution in [2.24, 2.45) is 0 Å². The molecule has 1 heterocycles. The van der Waals surface area contributed by atoms with Gasteiger partial charge in [0.25, 0.3) is 0 Å². The standard InChI is InChI=1S/C21H26ClN3O3S/c1-16-9-10-18(22)15-20(16)23-11-13-24(14-12-23)21(26)17(2)25(29(3,27)28)19-7-5-4-6-8-19/h4-10,15,17H,11-14H2,1-3H3. The van der Waals surface area contributed by atoms with Gasteiger partial charge in [-0.05, 0) is 43.7 Å². The van der Waals surface area contributed by atoms with Crippen LogP contribution in [-0.2, 0) is 14.8 Å². The third-order valence-electron chi connectivity index (χ3n) is 5.18. The molecule has 0 N–H and O–H groups in total. The number of halogens is 1. The van der Waals surface area contributed by atoms with Gasteiger partial charge in [0, 0.05) is 36.9 Å². The fourth-order valence-corrected chi connectivity index (χ4v) is 5.07. The maximum absolute atomic E-state index is 13.1. The van der Waals surface area contributed by atoms with Crippen LogP contribution < -0.4 is 9.21 Å². The summed E-state index contributed by atoms with van der Waals surface area (Å²) in [5, 5.41) is 0.685. The van der Waals surface area contributed by atoms with E-state index in [4.69, 9.17) is 11.6 Å². The van der Waals surface area contributed by atoms with E-state index in [0.29, 0.717) is 36.9 Å². The minimum Gasteiger partial charge on any atom is -0.368 e. The van der Waals surface area contributed by atoms with E-state index in [2.05, 4.69) is 4.90 Å². The zero-order valence-electron chi connectivity index (χ0n) is 16.9. The SMILES string of the molecule is Cc1ccc(Cl)cc1N1CCN(C(=O)C(C)N(c2ccccc2)S(C)(=O)=O)CC1. The second-order valence-corrected chi connectivity index (χ2v) is 9.61. The summed E-state index contributed by atoms with van der Waals surface area (Å²) in [5.74, 6) is -0.193. The third kappa shape index (κ3) is 4.85. The molecule has 1 saturated heterocycles. The van der Waals surface area contributed by atoms with E-state index in [-0.39, 0.29) is 5.91 Å². The van der Waals surface area contributed by atoms with Gasteiger partial charge in [-0.2, -0.15) is 0 Å². The van der Waals surface area contributed by atoms with Crippen LogP contribution in [0.1, 0.15) is 12.5 Å². The molecule has 3 rings (SSSR count).